The van der Waals surface area contributed by atoms with Crippen LogP contribution in [-0.2, 0) is 7.05 Å². The average molecular weight is 235 g/mol. The lowest BCUT2D eigenvalue weighted by atomic mass is 10.4. The van der Waals surface area contributed by atoms with Crippen LogP contribution < -0.4 is 10.1 Å². The number of nitrogens with zero attached hydrogens (tertiary/aromatic N) is 3. The van der Waals surface area contributed by atoms with Crippen LogP contribution in [0.15, 0.2) is 18.3 Å². The van der Waals surface area contributed by atoms with Crippen molar-refractivity contribution in [3.05, 3.63) is 24.0 Å². The number of aryl methyl sites for hydroxylation is 1. The number of hydrogen-bond acceptors (Lipinski definition) is 4. The molecule has 2 N–H and O–H groups in total. The highest BCUT2D eigenvalue weighted by Gasteiger charge is 2.11. The van der Waals surface area contributed by atoms with Crippen LogP contribution in [-0.4, -0.2) is 32.3 Å². The van der Waals surface area contributed by atoms with Gasteiger partial charge in [-0.15, -0.1) is 5.10 Å². The molecule has 1 amide bonds. The second kappa shape index (κ2) is 4.69. The summed E-state index contributed by atoms with van der Waals surface area (Å²) in [4.78, 5) is 15.8. The summed E-state index contributed by atoms with van der Waals surface area (Å²) in [5.41, 5.74) is 0.541. The van der Waals surface area contributed by atoms with Crippen LogP contribution in [0.25, 0.3) is 0 Å². The van der Waals surface area contributed by atoms with E-state index in [0.29, 0.717) is 12.3 Å². The number of aromatic amines is 1. The van der Waals surface area contributed by atoms with Gasteiger partial charge in [-0.1, -0.05) is 0 Å². The molecule has 0 aliphatic rings. The van der Waals surface area contributed by atoms with Gasteiger partial charge in [-0.05, 0) is 19.1 Å². The van der Waals surface area contributed by atoms with Gasteiger partial charge >= 0.3 is 6.01 Å². The number of aromatic nitrogens is 4. The molecule has 0 saturated carbocycles. The van der Waals surface area contributed by atoms with Crippen molar-refractivity contribution in [1.29, 1.82) is 0 Å². The van der Waals surface area contributed by atoms with E-state index in [1.54, 1.807) is 29.9 Å². The number of nitrogens with one attached hydrogen (secondary N) is 2. The van der Waals surface area contributed by atoms with Gasteiger partial charge in [-0.2, -0.15) is 4.98 Å². The van der Waals surface area contributed by atoms with Crippen LogP contribution in [0.3, 0.4) is 0 Å². The molecule has 0 aliphatic carbocycles. The highest BCUT2D eigenvalue weighted by Crippen LogP contribution is 2.08. The summed E-state index contributed by atoms with van der Waals surface area (Å²) < 4.78 is 6.79. The van der Waals surface area contributed by atoms with Crippen LogP contribution in [0.1, 0.15) is 17.4 Å². The van der Waals surface area contributed by atoms with Gasteiger partial charge in [0.15, 0.2) is 0 Å². The number of anilines is 1. The van der Waals surface area contributed by atoms with Crippen molar-refractivity contribution in [3.63, 3.8) is 0 Å². The first kappa shape index (κ1) is 11.2. The third-order valence-electron chi connectivity index (χ3n) is 2.15. The van der Waals surface area contributed by atoms with E-state index in [1.165, 1.54) is 0 Å². The summed E-state index contributed by atoms with van der Waals surface area (Å²) in [7, 11) is 1.79. The molecule has 7 nitrogen and oxygen atoms in total. The third-order valence-corrected chi connectivity index (χ3v) is 2.15. The molecule has 2 heterocycles. The molecule has 0 saturated heterocycles. The van der Waals surface area contributed by atoms with Gasteiger partial charge in [0.2, 0.25) is 5.95 Å². The Morgan fingerprint density at radius 3 is 3.12 bits per heavy atom. The van der Waals surface area contributed by atoms with Crippen molar-refractivity contribution in [2.45, 2.75) is 6.92 Å². The maximum atomic E-state index is 11.8. The Hall–Kier alpha value is -2.31. The molecule has 0 radical (unpaired) electrons. The van der Waals surface area contributed by atoms with Gasteiger partial charge in [-0.3, -0.25) is 10.1 Å². The van der Waals surface area contributed by atoms with Crippen LogP contribution >= 0.6 is 0 Å². The Morgan fingerprint density at radius 2 is 2.47 bits per heavy atom. The normalized spacial score (nSPS) is 10.2. The number of carbonyl (C=O) groups excluding carboxylic acids is 1. The average Bonchev–Trinajstić information content (AvgIpc) is 2.88. The molecule has 0 bridgehead atoms. The summed E-state index contributed by atoms with van der Waals surface area (Å²) in [5, 5.41) is 8.95. The van der Waals surface area contributed by atoms with Crippen molar-refractivity contribution in [3.8, 4) is 6.01 Å². The van der Waals surface area contributed by atoms with E-state index in [0.717, 1.165) is 0 Å². The number of hydrogen-bond donors (Lipinski definition) is 2. The summed E-state index contributed by atoms with van der Waals surface area (Å²) in [5.74, 6) is 0.0105. The van der Waals surface area contributed by atoms with Crippen molar-refractivity contribution in [1.82, 2.24) is 19.7 Å². The molecule has 0 unspecified atom stereocenters. The predicted molar refractivity (Wildman–Crippen MR) is 60.9 cm³/mol. The van der Waals surface area contributed by atoms with Gasteiger partial charge in [0, 0.05) is 13.2 Å². The highest BCUT2D eigenvalue weighted by molar-refractivity contribution is 6.02. The molecule has 0 spiro atoms. The fourth-order valence-corrected chi connectivity index (χ4v) is 1.36. The summed E-state index contributed by atoms with van der Waals surface area (Å²) >= 11 is 0. The Balaban J connectivity index is 2.05. The minimum absolute atomic E-state index is 0.217. The fraction of sp³-hybridized carbons (Fsp3) is 0.300. The molecule has 2 rings (SSSR count). The van der Waals surface area contributed by atoms with Crippen LogP contribution in [0.5, 0.6) is 6.01 Å². The lowest BCUT2D eigenvalue weighted by Crippen LogP contribution is -2.16. The Labute approximate surface area is 97.8 Å². The molecule has 0 fully saturated rings. The minimum atomic E-state index is -0.253. The Bertz CT molecular complexity index is 516. The Kier molecular flexibility index (Phi) is 3.08. The molecule has 0 atom stereocenters. The number of carbonyl (C=O) groups is 1. The molecule has 0 aromatic carbocycles. The number of ether oxygens (including phenoxy) is 1. The second-order valence-electron chi connectivity index (χ2n) is 3.36. The lowest BCUT2D eigenvalue weighted by molar-refractivity contribution is 0.101. The quantitative estimate of drug-likeness (QED) is 0.820. The van der Waals surface area contributed by atoms with Gasteiger partial charge in [0.1, 0.15) is 5.69 Å². The van der Waals surface area contributed by atoms with Gasteiger partial charge in [-0.25, -0.2) is 5.10 Å². The molecular formula is C10H13N5O2. The lowest BCUT2D eigenvalue weighted by Gasteiger charge is -2.02. The first-order chi connectivity index (χ1) is 8.20. The first-order valence-electron chi connectivity index (χ1n) is 5.18. The van der Waals surface area contributed by atoms with Crippen LogP contribution in [0.2, 0.25) is 0 Å². The van der Waals surface area contributed by atoms with Crippen molar-refractivity contribution in [2.75, 3.05) is 11.9 Å². The van der Waals surface area contributed by atoms with E-state index in [-0.39, 0.29) is 17.9 Å². The largest absolute Gasteiger partial charge is 0.463 e. The predicted octanol–water partition coefficient (Wildman–Crippen LogP) is 0.794. The zero-order chi connectivity index (χ0) is 12.3. The van der Waals surface area contributed by atoms with Gasteiger partial charge < -0.3 is 9.30 Å². The van der Waals surface area contributed by atoms with Crippen molar-refractivity contribution < 1.29 is 9.53 Å². The second-order valence-corrected chi connectivity index (χ2v) is 3.36. The number of amides is 1. The van der Waals surface area contributed by atoms with Gasteiger partial charge in [0.05, 0.1) is 6.61 Å². The number of H-pyrrole nitrogens is 1. The molecule has 17 heavy (non-hydrogen) atoms. The molecule has 7 heteroatoms. The topological polar surface area (TPSA) is 84.8 Å². The zero-order valence-corrected chi connectivity index (χ0v) is 9.60. The number of rotatable bonds is 4. The molecule has 2 aromatic heterocycles. The molecule has 2 aromatic rings. The summed E-state index contributed by atoms with van der Waals surface area (Å²) in [6, 6.07) is 3.73. The van der Waals surface area contributed by atoms with Crippen molar-refractivity contribution >= 4 is 11.9 Å². The molecule has 0 aliphatic heterocycles. The van der Waals surface area contributed by atoms with E-state index in [4.69, 9.17) is 4.74 Å². The minimum Gasteiger partial charge on any atom is -0.463 e. The maximum absolute atomic E-state index is 11.8. The standard InChI is InChI=1S/C10H13N5O2/c1-3-17-10-12-9(13-14-10)11-8(16)7-5-4-6-15(7)2/h4-6H,3H2,1-2H3,(H2,11,12,13,14,16). The highest BCUT2D eigenvalue weighted by atomic mass is 16.5. The maximum Gasteiger partial charge on any atom is 0.337 e. The van der Waals surface area contributed by atoms with E-state index >= 15 is 0 Å². The van der Waals surface area contributed by atoms with E-state index in [9.17, 15) is 4.79 Å². The monoisotopic (exact) mass is 235 g/mol. The smallest absolute Gasteiger partial charge is 0.337 e. The molecule has 90 valence electrons. The fourth-order valence-electron chi connectivity index (χ4n) is 1.36. The van der Waals surface area contributed by atoms with Crippen molar-refractivity contribution in [2.24, 2.45) is 7.05 Å². The zero-order valence-electron chi connectivity index (χ0n) is 9.60. The summed E-state index contributed by atoms with van der Waals surface area (Å²) in [6.45, 7) is 2.31. The SMILES string of the molecule is CCOc1n[nH]c(NC(=O)c2cccn2C)n1. The third kappa shape index (κ3) is 2.44. The van der Waals surface area contributed by atoms with Crippen LogP contribution in [0, 0.1) is 0 Å². The summed E-state index contributed by atoms with van der Waals surface area (Å²) in [6.07, 6.45) is 1.79. The van der Waals surface area contributed by atoms with Gasteiger partial charge in [0.25, 0.3) is 5.91 Å². The van der Waals surface area contributed by atoms with E-state index in [2.05, 4.69) is 20.5 Å². The first-order valence-corrected chi connectivity index (χ1v) is 5.18. The molecular weight excluding hydrogens is 222 g/mol. The Morgan fingerprint density at radius 1 is 1.65 bits per heavy atom. The van der Waals surface area contributed by atoms with E-state index in [1.807, 2.05) is 6.92 Å². The van der Waals surface area contributed by atoms with Crippen LogP contribution in [0.4, 0.5) is 5.95 Å². The van der Waals surface area contributed by atoms with E-state index < -0.39 is 0 Å².